The van der Waals surface area contributed by atoms with E-state index in [1.807, 2.05) is 43.3 Å². The van der Waals surface area contributed by atoms with Gasteiger partial charge in [0.05, 0.1) is 24.4 Å². The Labute approximate surface area is 157 Å². The predicted octanol–water partition coefficient (Wildman–Crippen LogP) is 4.58. The minimum Gasteiger partial charge on any atom is -0.467 e. The second-order valence-electron chi connectivity index (χ2n) is 6.38. The minimum atomic E-state index is -0.0998. The number of aromatic nitrogens is 2. The smallest absolute Gasteiger partial charge is 0.163 e. The third kappa shape index (κ3) is 3.20. The zero-order valence-corrected chi connectivity index (χ0v) is 15.5. The summed E-state index contributed by atoms with van der Waals surface area (Å²) in [5.41, 5.74) is 2.86. The van der Waals surface area contributed by atoms with Gasteiger partial charge in [-0.25, -0.2) is 9.97 Å². The lowest BCUT2D eigenvalue weighted by Crippen LogP contribution is -2.39. The number of hydrogen-bond donors (Lipinski definition) is 0. The largest absolute Gasteiger partial charge is 0.467 e. The third-order valence-corrected chi connectivity index (χ3v) is 5.03. The first kappa shape index (κ1) is 17.1. The minimum absolute atomic E-state index is 0.0998. The molecule has 3 aromatic rings. The lowest BCUT2D eigenvalue weighted by Gasteiger charge is -2.34. The van der Waals surface area contributed by atoms with E-state index in [-0.39, 0.29) is 6.10 Å². The van der Waals surface area contributed by atoms with E-state index < -0.39 is 0 Å². The zero-order valence-electron chi connectivity index (χ0n) is 14.8. The number of furan rings is 1. The third-order valence-electron chi connectivity index (χ3n) is 4.70. The summed E-state index contributed by atoms with van der Waals surface area (Å²) in [5, 5.41) is 0.650. The Balaban J connectivity index is 1.71. The van der Waals surface area contributed by atoms with Gasteiger partial charge in [0.25, 0.3) is 0 Å². The van der Waals surface area contributed by atoms with E-state index in [2.05, 4.69) is 16.8 Å². The van der Waals surface area contributed by atoms with E-state index in [9.17, 15) is 0 Å². The molecule has 3 heterocycles. The topological polar surface area (TPSA) is 51.4 Å². The van der Waals surface area contributed by atoms with Crippen LogP contribution in [0.2, 0.25) is 5.02 Å². The van der Waals surface area contributed by atoms with Gasteiger partial charge in [0, 0.05) is 23.4 Å². The SMILES string of the molecule is Cc1nc(-c2ccccc2Cl)nc(N2CCOC(c3ccco3)C2)c1C. The maximum absolute atomic E-state index is 6.35. The predicted molar refractivity (Wildman–Crippen MR) is 102 cm³/mol. The summed E-state index contributed by atoms with van der Waals surface area (Å²) in [5.74, 6) is 2.41. The fourth-order valence-electron chi connectivity index (χ4n) is 3.17. The quantitative estimate of drug-likeness (QED) is 0.676. The molecule has 1 aliphatic heterocycles. The standard InChI is InChI=1S/C20H20ClN3O2/c1-13-14(2)22-19(15-6-3-4-7-16(15)21)23-20(13)24-9-11-26-18(12-24)17-8-5-10-25-17/h3-8,10,18H,9,11-12H2,1-2H3. The highest BCUT2D eigenvalue weighted by Crippen LogP contribution is 2.31. The van der Waals surface area contributed by atoms with Gasteiger partial charge in [0.2, 0.25) is 0 Å². The number of rotatable bonds is 3. The average molecular weight is 370 g/mol. The summed E-state index contributed by atoms with van der Waals surface area (Å²) in [6.45, 7) is 6.14. The van der Waals surface area contributed by atoms with Gasteiger partial charge in [-0.2, -0.15) is 0 Å². The summed E-state index contributed by atoms with van der Waals surface area (Å²) >= 11 is 6.35. The van der Waals surface area contributed by atoms with Gasteiger partial charge >= 0.3 is 0 Å². The molecule has 0 amide bonds. The molecule has 1 aromatic carbocycles. The number of morpholine rings is 1. The van der Waals surface area contributed by atoms with Gasteiger partial charge in [-0.3, -0.25) is 0 Å². The number of aryl methyl sites for hydroxylation is 1. The highest BCUT2D eigenvalue weighted by Gasteiger charge is 2.27. The van der Waals surface area contributed by atoms with Crippen molar-refractivity contribution in [3.05, 3.63) is 64.7 Å². The fourth-order valence-corrected chi connectivity index (χ4v) is 3.39. The average Bonchev–Trinajstić information content (AvgIpc) is 3.19. The normalized spacial score (nSPS) is 17.5. The molecule has 1 aliphatic rings. The van der Waals surface area contributed by atoms with E-state index in [1.165, 1.54) is 0 Å². The molecule has 1 fully saturated rings. The molecule has 0 N–H and O–H groups in total. The summed E-state index contributed by atoms with van der Waals surface area (Å²) in [6.07, 6.45) is 1.57. The number of nitrogens with zero attached hydrogens (tertiary/aromatic N) is 3. The van der Waals surface area contributed by atoms with Crippen molar-refractivity contribution in [1.29, 1.82) is 0 Å². The summed E-state index contributed by atoms with van der Waals surface area (Å²) in [7, 11) is 0. The van der Waals surface area contributed by atoms with Crippen LogP contribution in [0.5, 0.6) is 0 Å². The van der Waals surface area contributed by atoms with Crippen LogP contribution in [-0.4, -0.2) is 29.7 Å². The van der Waals surface area contributed by atoms with Crippen LogP contribution in [0.4, 0.5) is 5.82 Å². The molecule has 4 rings (SSSR count). The van der Waals surface area contributed by atoms with Crippen LogP contribution < -0.4 is 4.90 Å². The van der Waals surface area contributed by atoms with E-state index in [4.69, 9.17) is 25.7 Å². The van der Waals surface area contributed by atoms with Gasteiger partial charge in [-0.15, -0.1) is 0 Å². The molecule has 26 heavy (non-hydrogen) atoms. The van der Waals surface area contributed by atoms with Gasteiger partial charge in [-0.05, 0) is 38.1 Å². The van der Waals surface area contributed by atoms with Crippen molar-refractivity contribution in [2.45, 2.75) is 20.0 Å². The first-order chi connectivity index (χ1) is 12.6. The number of halogens is 1. The van der Waals surface area contributed by atoms with E-state index in [1.54, 1.807) is 6.26 Å². The molecular formula is C20H20ClN3O2. The summed E-state index contributed by atoms with van der Waals surface area (Å²) in [4.78, 5) is 11.7. The van der Waals surface area contributed by atoms with Crippen LogP contribution in [0.25, 0.3) is 11.4 Å². The van der Waals surface area contributed by atoms with Crippen LogP contribution in [0.3, 0.4) is 0 Å². The van der Waals surface area contributed by atoms with Crippen molar-refractivity contribution < 1.29 is 9.15 Å². The Hall–Kier alpha value is -2.37. The molecule has 0 radical (unpaired) electrons. The van der Waals surface area contributed by atoms with Crippen LogP contribution in [0.15, 0.2) is 47.1 Å². The summed E-state index contributed by atoms with van der Waals surface area (Å²) in [6, 6.07) is 11.5. The Morgan fingerprint density at radius 1 is 1.12 bits per heavy atom. The first-order valence-corrected chi connectivity index (χ1v) is 9.01. The molecule has 0 bridgehead atoms. The molecule has 0 aliphatic carbocycles. The van der Waals surface area contributed by atoms with Crippen molar-refractivity contribution in [2.75, 3.05) is 24.6 Å². The van der Waals surface area contributed by atoms with E-state index in [0.717, 1.165) is 34.9 Å². The molecular weight excluding hydrogens is 350 g/mol. The number of hydrogen-bond acceptors (Lipinski definition) is 5. The Morgan fingerprint density at radius 2 is 1.96 bits per heavy atom. The Morgan fingerprint density at radius 3 is 2.73 bits per heavy atom. The maximum atomic E-state index is 6.35. The molecule has 0 spiro atoms. The van der Waals surface area contributed by atoms with Crippen molar-refractivity contribution in [2.24, 2.45) is 0 Å². The molecule has 1 unspecified atom stereocenters. The van der Waals surface area contributed by atoms with Crippen molar-refractivity contribution in [3.8, 4) is 11.4 Å². The van der Waals surface area contributed by atoms with Crippen molar-refractivity contribution >= 4 is 17.4 Å². The fraction of sp³-hybridized carbons (Fsp3) is 0.300. The summed E-state index contributed by atoms with van der Waals surface area (Å²) < 4.78 is 11.4. The molecule has 1 saturated heterocycles. The zero-order chi connectivity index (χ0) is 18.1. The second kappa shape index (κ2) is 7.09. The lowest BCUT2D eigenvalue weighted by atomic mass is 10.1. The lowest BCUT2D eigenvalue weighted by molar-refractivity contribution is 0.0254. The Kier molecular flexibility index (Phi) is 4.66. The maximum Gasteiger partial charge on any atom is 0.163 e. The molecule has 0 saturated carbocycles. The van der Waals surface area contributed by atoms with Crippen molar-refractivity contribution in [1.82, 2.24) is 9.97 Å². The molecule has 2 aromatic heterocycles. The van der Waals surface area contributed by atoms with Gasteiger partial charge in [0.15, 0.2) is 5.82 Å². The van der Waals surface area contributed by atoms with Gasteiger partial charge in [-0.1, -0.05) is 23.7 Å². The number of benzene rings is 1. The highest BCUT2D eigenvalue weighted by molar-refractivity contribution is 6.33. The monoisotopic (exact) mass is 369 g/mol. The number of ether oxygens (including phenoxy) is 1. The molecule has 6 heteroatoms. The van der Waals surface area contributed by atoms with Crippen LogP contribution >= 0.6 is 11.6 Å². The molecule has 134 valence electrons. The second-order valence-corrected chi connectivity index (χ2v) is 6.79. The van der Waals surface area contributed by atoms with Crippen molar-refractivity contribution in [3.63, 3.8) is 0 Å². The van der Waals surface area contributed by atoms with Crippen LogP contribution in [0.1, 0.15) is 23.1 Å². The van der Waals surface area contributed by atoms with Crippen LogP contribution in [-0.2, 0) is 4.74 Å². The Bertz CT molecular complexity index is 911. The first-order valence-electron chi connectivity index (χ1n) is 8.63. The van der Waals surface area contributed by atoms with Gasteiger partial charge < -0.3 is 14.1 Å². The molecule has 5 nitrogen and oxygen atoms in total. The van der Waals surface area contributed by atoms with E-state index >= 15 is 0 Å². The molecule has 1 atom stereocenters. The number of anilines is 1. The highest BCUT2D eigenvalue weighted by atomic mass is 35.5. The van der Waals surface area contributed by atoms with Crippen LogP contribution in [0, 0.1) is 13.8 Å². The van der Waals surface area contributed by atoms with Gasteiger partial charge in [0.1, 0.15) is 17.7 Å². The van der Waals surface area contributed by atoms with E-state index in [0.29, 0.717) is 24.0 Å².